The Morgan fingerprint density at radius 2 is 1.95 bits per heavy atom. The van der Waals surface area contributed by atoms with Crippen molar-refractivity contribution in [1.29, 1.82) is 0 Å². The molecule has 4 nitrogen and oxygen atoms in total. The number of alkyl halides is 3. The first kappa shape index (κ1) is 14.8. The van der Waals surface area contributed by atoms with E-state index in [0.29, 0.717) is 18.8 Å². The van der Waals surface area contributed by atoms with E-state index >= 15 is 0 Å². The molecule has 0 atom stereocenters. The lowest BCUT2D eigenvalue weighted by Gasteiger charge is -2.29. The highest BCUT2D eigenvalue weighted by molar-refractivity contribution is 7.99. The molecule has 1 heterocycles. The van der Waals surface area contributed by atoms with Crippen LogP contribution in [0.1, 0.15) is 11.1 Å². The molecule has 1 aliphatic rings. The zero-order chi connectivity index (χ0) is 14.8. The second-order valence-corrected chi connectivity index (χ2v) is 5.54. The Morgan fingerprint density at radius 1 is 1.30 bits per heavy atom. The van der Waals surface area contributed by atoms with Gasteiger partial charge in [-0.25, -0.2) is 0 Å². The molecule has 0 aliphatic carbocycles. The Hall–Kier alpha value is -1.57. The minimum absolute atomic E-state index is 0.310. The maximum Gasteiger partial charge on any atom is 0.417 e. The summed E-state index contributed by atoms with van der Waals surface area (Å²) in [5, 5.41) is 11.2. The normalized spacial score (nSPS) is 17.4. The van der Waals surface area contributed by atoms with Gasteiger partial charge in [-0.1, -0.05) is 5.16 Å². The summed E-state index contributed by atoms with van der Waals surface area (Å²) in [6, 6.07) is 3.87. The molecular weight excluding hydrogens is 291 g/mol. The fourth-order valence-corrected chi connectivity index (χ4v) is 2.97. The lowest BCUT2D eigenvalue weighted by molar-refractivity contribution is -0.137. The van der Waals surface area contributed by atoms with Crippen molar-refractivity contribution in [3.63, 3.8) is 0 Å². The second-order valence-electron chi connectivity index (χ2n) is 4.31. The first-order chi connectivity index (χ1) is 9.43. The highest BCUT2D eigenvalue weighted by atomic mass is 32.2. The van der Waals surface area contributed by atoms with Crippen LogP contribution in [0.25, 0.3) is 0 Å². The lowest BCUT2D eigenvalue weighted by Crippen LogP contribution is -2.33. The molecule has 1 saturated heterocycles. The number of nitrogens with two attached hydrogens (primary N) is 1. The Kier molecular flexibility index (Phi) is 4.32. The van der Waals surface area contributed by atoms with Crippen LogP contribution in [0, 0.1) is 0 Å². The van der Waals surface area contributed by atoms with Gasteiger partial charge in [0.1, 0.15) is 0 Å². The molecule has 0 radical (unpaired) electrons. The van der Waals surface area contributed by atoms with E-state index in [1.807, 2.05) is 4.90 Å². The summed E-state index contributed by atoms with van der Waals surface area (Å²) in [4.78, 5) is 1.90. The first-order valence-electron chi connectivity index (χ1n) is 5.95. The van der Waals surface area contributed by atoms with Crippen LogP contribution in [-0.4, -0.2) is 35.6 Å². The molecular formula is C12H14F3N3OS. The van der Waals surface area contributed by atoms with E-state index in [0.717, 1.165) is 17.6 Å². The quantitative estimate of drug-likeness (QED) is 0.381. The van der Waals surface area contributed by atoms with E-state index in [4.69, 9.17) is 10.9 Å². The van der Waals surface area contributed by atoms with Gasteiger partial charge >= 0.3 is 6.18 Å². The molecule has 1 fully saturated rings. The highest BCUT2D eigenvalue weighted by Crippen LogP contribution is 2.35. The monoisotopic (exact) mass is 305 g/mol. The first-order valence-corrected chi connectivity index (χ1v) is 7.11. The molecule has 3 N–H and O–H groups in total. The van der Waals surface area contributed by atoms with Gasteiger partial charge in [-0.05, 0) is 18.2 Å². The van der Waals surface area contributed by atoms with Gasteiger partial charge in [-0.2, -0.15) is 24.9 Å². The van der Waals surface area contributed by atoms with Crippen molar-refractivity contribution in [2.45, 2.75) is 6.18 Å². The van der Waals surface area contributed by atoms with Gasteiger partial charge in [-0.15, -0.1) is 0 Å². The van der Waals surface area contributed by atoms with Gasteiger partial charge in [0.25, 0.3) is 0 Å². The number of anilines is 1. The molecule has 1 aliphatic heterocycles. The molecule has 110 valence electrons. The van der Waals surface area contributed by atoms with Crippen LogP contribution >= 0.6 is 11.8 Å². The summed E-state index contributed by atoms with van der Waals surface area (Å²) in [6.45, 7) is 1.43. The summed E-state index contributed by atoms with van der Waals surface area (Å²) in [5.74, 6) is 1.24. The highest BCUT2D eigenvalue weighted by Gasteiger charge is 2.35. The van der Waals surface area contributed by atoms with Crippen molar-refractivity contribution < 1.29 is 18.4 Å². The Balaban J connectivity index is 2.43. The second kappa shape index (κ2) is 5.82. The van der Waals surface area contributed by atoms with Gasteiger partial charge in [0.05, 0.1) is 5.56 Å². The zero-order valence-electron chi connectivity index (χ0n) is 10.5. The third-order valence-electron chi connectivity index (χ3n) is 3.07. The van der Waals surface area contributed by atoms with Crippen LogP contribution < -0.4 is 10.6 Å². The average molecular weight is 305 g/mol. The van der Waals surface area contributed by atoms with Gasteiger partial charge in [0.15, 0.2) is 5.84 Å². The molecule has 2 rings (SSSR count). The molecule has 0 saturated carbocycles. The summed E-state index contributed by atoms with van der Waals surface area (Å²) >= 11 is 1.78. The topological polar surface area (TPSA) is 61.9 Å². The van der Waals surface area contributed by atoms with Crippen molar-refractivity contribution in [2.75, 3.05) is 29.5 Å². The largest absolute Gasteiger partial charge is 0.417 e. The molecule has 8 heteroatoms. The third kappa shape index (κ3) is 3.12. The number of amidine groups is 1. The number of oxime groups is 1. The number of halogens is 3. The number of hydrogen-bond acceptors (Lipinski definition) is 4. The van der Waals surface area contributed by atoms with Crippen molar-refractivity contribution in [3.8, 4) is 0 Å². The lowest BCUT2D eigenvalue weighted by atomic mass is 10.0. The standard InChI is InChI=1S/C12H14F3N3OS/c13-12(14,15)10-7-8(18-3-5-20-6-4-18)1-2-9(10)11(16)17-19/h1-2,7,19H,3-6H2,(H2,16,17). The minimum atomic E-state index is -4.55. The minimum Gasteiger partial charge on any atom is -0.409 e. The Labute approximate surface area is 118 Å². The molecule has 0 unspecified atom stereocenters. The molecule has 0 spiro atoms. The maximum absolute atomic E-state index is 13.1. The molecule has 0 bridgehead atoms. The van der Waals surface area contributed by atoms with Crippen LogP contribution in [0.15, 0.2) is 23.4 Å². The van der Waals surface area contributed by atoms with Crippen LogP contribution in [-0.2, 0) is 6.18 Å². The SMILES string of the molecule is N/C(=N\O)c1ccc(N2CCSCC2)cc1C(F)(F)F. The van der Waals surface area contributed by atoms with E-state index in [9.17, 15) is 13.2 Å². The van der Waals surface area contributed by atoms with Gasteiger partial charge in [-0.3, -0.25) is 0 Å². The summed E-state index contributed by atoms with van der Waals surface area (Å²) < 4.78 is 39.2. The van der Waals surface area contributed by atoms with E-state index < -0.39 is 17.6 Å². The van der Waals surface area contributed by atoms with E-state index in [-0.39, 0.29) is 5.56 Å². The summed E-state index contributed by atoms with van der Waals surface area (Å²) in [6.07, 6.45) is -4.55. The van der Waals surface area contributed by atoms with Crippen molar-refractivity contribution in [3.05, 3.63) is 29.3 Å². The van der Waals surface area contributed by atoms with E-state index in [1.54, 1.807) is 17.8 Å². The van der Waals surface area contributed by atoms with Crippen LogP contribution in [0.4, 0.5) is 18.9 Å². The van der Waals surface area contributed by atoms with Crippen molar-refractivity contribution in [1.82, 2.24) is 0 Å². The molecule has 0 aromatic heterocycles. The third-order valence-corrected chi connectivity index (χ3v) is 4.01. The number of hydrogen-bond donors (Lipinski definition) is 2. The Morgan fingerprint density at radius 3 is 2.50 bits per heavy atom. The Bertz CT molecular complexity index is 513. The predicted octanol–water partition coefficient (Wildman–Crippen LogP) is 2.35. The van der Waals surface area contributed by atoms with Crippen molar-refractivity contribution in [2.24, 2.45) is 10.9 Å². The average Bonchev–Trinajstić information content (AvgIpc) is 2.46. The fraction of sp³-hybridized carbons (Fsp3) is 0.417. The van der Waals surface area contributed by atoms with Gasteiger partial charge in [0.2, 0.25) is 0 Å². The number of rotatable bonds is 2. The van der Waals surface area contributed by atoms with Crippen LogP contribution in [0.3, 0.4) is 0 Å². The summed E-state index contributed by atoms with van der Waals surface area (Å²) in [5.41, 5.74) is 4.61. The van der Waals surface area contributed by atoms with Crippen LogP contribution in [0.2, 0.25) is 0 Å². The zero-order valence-corrected chi connectivity index (χ0v) is 11.3. The smallest absolute Gasteiger partial charge is 0.409 e. The number of nitrogens with zero attached hydrogens (tertiary/aromatic N) is 2. The van der Waals surface area contributed by atoms with E-state index in [2.05, 4.69) is 5.16 Å². The predicted molar refractivity (Wildman–Crippen MR) is 73.5 cm³/mol. The van der Waals surface area contributed by atoms with Crippen LogP contribution in [0.5, 0.6) is 0 Å². The number of thioether (sulfide) groups is 1. The molecule has 20 heavy (non-hydrogen) atoms. The molecule has 1 aromatic rings. The van der Waals surface area contributed by atoms with Gasteiger partial charge < -0.3 is 15.8 Å². The number of benzene rings is 1. The maximum atomic E-state index is 13.1. The molecule has 0 amide bonds. The van der Waals surface area contributed by atoms with E-state index in [1.165, 1.54) is 6.07 Å². The summed E-state index contributed by atoms with van der Waals surface area (Å²) in [7, 11) is 0. The fourth-order valence-electron chi connectivity index (χ4n) is 2.06. The van der Waals surface area contributed by atoms with Crippen molar-refractivity contribution >= 4 is 23.3 Å². The van der Waals surface area contributed by atoms with Gasteiger partial charge in [0, 0.05) is 35.8 Å². The molecule has 1 aromatic carbocycles.